The van der Waals surface area contributed by atoms with Gasteiger partial charge in [-0.05, 0) is 114 Å². The summed E-state index contributed by atoms with van der Waals surface area (Å²) in [7, 11) is 0. The SMILES string of the molecule is c1ccc(-c2ccccc2-c2ccccc2N(c2ccc3c(c2)C(c2ccccc2)(c2ccccc2)c2ccccc2-3)c2cccc3c2-c2ccccc2C32c3ccccc3-n3c4ccccc4c4cccc2c43)cc1. The summed E-state index contributed by atoms with van der Waals surface area (Å²) in [6.07, 6.45) is 0. The second kappa shape index (κ2) is 16.4. The quantitative estimate of drug-likeness (QED) is 0.155. The maximum Gasteiger partial charge on any atom is 0.0755 e. The van der Waals surface area contributed by atoms with Crippen LogP contribution in [0.1, 0.15) is 44.5 Å². The molecule has 2 nitrogen and oxygen atoms in total. The van der Waals surface area contributed by atoms with Crippen molar-refractivity contribution in [2.45, 2.75) is 10.8 Å². The summed E-state index contributed by atoms with van der Waals surface area (Å²) in [6, 6.07) is 109. The molecule has 0 saturated carbocycles. The molecule has 0 fully saturated rings. The molecule has 12 aromatic carbocycles. The van der Waals surface area contributed by atoms with Gasteiger partial charge >= 0.3 is 0 Å². The van der Waals surface area contributed by atoms with Gasteiger partial charge in [0.25, 0.3) is 0 Å². The van der Waals surface area contributed by atoms with Gasteiger partial charge in [-0.25, -0.2) is 0 Å². The van der Waals surface area contributed by atoms with Crippen LogP contribution in [-0.4, -0.2) is 4.57 Å². The van der Waals surface area contributed by atoms with Crippen LogP contribution in [0.4, 0.5) is 17.1 Å². The van der Waals surface area contributed by atoms with Gasteiger partial charge in [-0.2, -0.15) is 0 Å². The molecule has 1 aliphatic heterocycles. The predicted molar refractivity (Wildman–Crippen MR) is 315 cm³/mol. The molecule has 0 amide bonds. The predicted octanol–water partition coefficient (Wildman–Crippen LogP) is 18.6. The lowest BCUT2D eigenvalue weighted by molar-refractivity contribution is 0.748. The van der Waals surface area contributed by atoms with Crippen LogP contribution < -0.4 is 4.90 Å². The van der Waals surface area contributed by atoms with Crippen molar-refractivity contribution in [1.82, 2.24) is 4.57 Å². The Morgan fingerprint density at radius 3 is 1.57 bits per heavy atom. The van der Waals surface area contributed by atoms with Gasteiger partial charge in [-0.15, -0.1) is 0 Å². The normalized spacial score (nSPS) is 15.0. The Morgan fingerprint density at radius 2 is 0.803 bits per heavy atom. The van der Waals surface area contributed by atoms with E-state index in [0.717, 1.165) is 22.6 Å². The highest BCUT2D eigenvalue weighted by molar-refractivity contribution is 6.13. The summed E-state index contributed by atoms with van der Waals surface area (Å²) in [5.74, 6) is 0. The molecule has 354 valence electrons. The molecule has 16 rings (SSSR count). The molecule has 3 aliphatic rings. The molecule has 0 radical (unpaired) electrons. The van der Waals surface area contributed by atoms with E-state index in [1.807, 2.05) is 0 Å². The van der Waals surface area contributed by atoms with Crippen LogP contribution in [-0.2, 0) is 10.8 Å². The summed E-state index contributed by atoms with van der Waals surface area (Å²) >= 11 is 0. The van der Waals surface area contributed by atoms with Crippen LogP contribution in [0.3, 0.4) is 0 Å². The Kier molecular flexibility index (Phi) is 9.20. The van der Waals surface area contributed by atoms with Gasteiger partial charge in [-0.1, -0.05) is 255 Å². The molecule has 1 atom stereocenters. The average molecular weight is 965 g/mol. The van der Waals surface area contributed by atoms with E-state index in [0.29, 0.717) is 0 Å². The molecule has 76 heavy (non-hydrogen) atoms. The van der Waals surface area contributed by atoms with Crippen molar-refractivity contribution in [3.8, 4) is 50.2 Å². The molecule has 0 N–H and O–H groups in total. The number of para-hydroxylation sites is 4. The maximum absolute atomic E-state index is 2.60. The Balaban J connectivity index is 1.03. The zero-order valence-corrected chi connectivity index (χ0v) is 41.6. The maximum atomic E-state index is 2.60. The molecular weight excluding hydrogens is 917 g/mol. The average Bonchev–Trinajstić information content (AvgIpc) is 3.92. The van der Waals surface area contributed by atoms with E-state index >= 15 is 0 Å². The summed E-state index contributed by atoms with van der Waals surface area (Å²) in [6.45, 7) is 0. The van der Waals surface area contributed by atoms with Crippen LogP contribution in [0.15, 0.2) is 291 Å². The van der Waals surface area contributed by atoms with Crippen molar-refractivity contribution >= 4 is 38.9 Å². The van der Waals surface area contributed by atoms with Gasteiger partial charge < -0.3 is 9.47 Å². The first kappa shape index (κ1) is 42.7. The van der Waals surface area contributed by atoms with Gasteiger partial charge in [0.15, 0.2) is 0 Å². The fourth-order valence-corrected chi connectivity index (χ4v) is 14.2. The number of benzene rings is 12. The van der Waals surface area contributed by atoms with Crippen LogP contribution in [0.25, 0.3) is 72.0 Å². The van der Waals surface area contributed by atoms with Crippen molar-refractivity contribution in [1.29, 1.82) is 0 Å². The Bertz CT molecular complexity index is 4430. The minimum Gasteiger partial charge on any atom is -0.309 e. The van der Waals surface area contributed by atoms with Crippen molar-refractivity contribution in [2.75, 3.05) is 4.90 Å². The number of hydrogen-bond acceptors (Lipinski definition) is 1. The largest absolute Gasteiger partial charge is 0.309 e. The van der Waals surface area contributed by atoms with E-state index in [4.69, 9.17) is 0 Å². The van der Waals surface area contributed by atoms with Gasteiger partial charge in [-0.3, -0.25) is 0 Å². The van der Waals surface area contributed by atoms with Crippen molar-refractivity contribution < 1.29 is 0 Å². The Labute approximate surface area is 442 Å². The highest BCUT2D eigenvalue weighted by Gasteiger charge is 2.52. The van der Waals surface area contributed by atoms with Gasteiger partial charge in [0, 0.05) is 27.6 Å². The van der Waals surface area contributed by atoms with E-state index in [1.165, 1.54) is 111 Å². The van der Waals surface area contributed by atoms with Gasteiger partial charge in [0.1, 0.15) is 0 Å². The molecule has 1 aromatic heterocycles. The Hall–Kier alpha value is -9.76. The van der Waals surface area contributed by atoms with Crippen LogP contribution >= 0.6 is 0 Å². The van der Waals surface area contributed by atoms with Crippen molar-refractivity contribution in [2.24, 2.45) is 0 Å². The zero-order valence-electron chi connectivity index (χ0n) is 41.6. The summed E-state index contributed by atoms with van der Waals surface area (Å²) in [5, 5.41) is 2.54. The smallest absolute Gasteiger partial charge is 0.0755 e. The third kappa shape index (κ3) is 5.65. The fraction of sp³-hybridized carbons (Fsp3) is 0.0270. The van der Waals surface area contributed by atoms with E-state index in [9.17, 15) is 0 Å². The number of nitrogens with zero attached hydrogens (tertiary/aromatic N) is 2. The molecule has 2 heterocycles. The number of aromatic nitrogens is 1. The number of hydrogen-bond donors (Lipinski definition) is 0. The van der Waals surface area contributed by atoms with E-state index in [1.54, 1.807) is 0 Å². The van der Waals surface area contributed by atoms with Crippen LogP contribution in [0, 0.1) is 0 Å². The molecule has 2 aliphatic carbocycles. The molecule has 1 unspecified atom stereocenters. The topological polar surface area (TPSA) is 8.17 Å². The molecule has 1 spiro atoms. The van der Waals surface area contributed by atoms with E-state index < -0.39 is 10.8 Å². The number of anilines is 3. The first-order valence-electron chi connectivity index (χ1n) is 26.5. The third-order valence-corrected chi connectivity index (χ3v) is 17.1. The molecule has 2 heteroatoms. The Morgan fingerprint density at radius 1 is 0.289 bits per heavy atom. The standard InChI is InChI=1S/C74H48N2/c1-4-24-49(25-5-1)53-30-10-11-31-54(53)57-33-14-19-42-67(57)75(52-46-47-56-55-32-12-16-37-61(55)73(66(56)48-52,50-26-6-2-7-27-50)51-28-8-3-9-29-51)70-45-23-40-64-71(70)60-35-13-17-38-62(60)74(64)63-39-18-21-44-69(63)76-68-43-20-15-34-58(68)59-36-22-41-65(74)72(59)76/h1-48H. The molecule has 0 saturated heterocycles. The highest BCUT2D eigenvalue weighted by Crippen LogP contribution is 2.64. The first-order valence-corrected chi connectivity index (χ1v) is 26.5. The van der Waals surface area contributed by atoms with Gasteiger partial charge in [0.05, 0.1) is 38.9 Å². The van der Waals surface area contributed by atoms with Gasteiger partial charge in [0.2, 0.25) is 0 Å². The molecule has 13 aromatic rings. The zero-order chi connectivity index (χ0) is 50.0. The van der Waals surface area contributed by atoms with Crippen molar-refractivity contribution in [3.63, 3.8) is 0 Å². The van der Waals surface area contributed by atoms with Crippen LogP contribution in [0.5, 0.6) is 0 Å². The lowest BCUT2D eigenvalue weighted by Crippen LogP contribution is -2.33. The highest BCUT2D eigenvalue weighted by atomic mass is 15.1. The number of rotatable bonds is 7. The molecule has 0 bridgehead atoms. The monoisotopic (exact) mass is 964 g/mol. The lowest BCUT2D eigenvalue weighted by atomic mass is 9.65. The fourth-order valence-electron chi connectivity index (χ4n) is 14.2. The number of fused-ring (bicyclic) bond motifs is 15. The lowest BCUT2D eigenvalue weighted by Gasteiger charge is -2.40. The summed E-state index contributed by atoms with van der Waals surface area (Å²) in [5.41, 5.74) is 25.7. The second-order valence-corrected chi connectivity index (χ2v) is 20.6. The third-order valence-electron chi connectivity index (χ3n) is 17.1. The summed E-state index contributed by atoms with van der Waals surface area (Å²) < 4.78 is 2.53. The first-order chi connectivity index (χ1) is 37.8. The summed E-state index contributed by atoms with van der Waals surface area (Å²) in [4.78, 5) is 2.60. The van der Waals surface area contributed by atoms with Crippen LogP contribution in [0.2, 0.25) is 0 Å². The second-order valence-electron chi connectivity index (χ2n) is 20.6. The van der Waals surface area contributed by atoms with E-state index in [-0.39, 0.29) is 0 Å². The minimum absolute atomic E-state index is 0.589. The molecular formula is C74H48N2. The minimum atomic E-state index is -0.622. The van der Waals surface area contributed by atoms with Crippen molar-refractivity contribution in [3.05, 3.63) is 336 Å². The van der Waals surface area contributed by atoms with E-state index in [2.05, 4.69) is 301 Å².